The molecule has 150 valence electrons. The van der Waals surface area contributed by atoms with E-state index in [0.717, 1.165) is 28.3 Å². The van der Waals surface area contributed by atoms with Gasteiger partial charge in [-0.2, -0.15) is 0 Å². The molecule has 1 aromatic heterocycles. The molecule has 0 bridgehead atoms. The SMILES string of the molecule is CC(=O)Nc1ccc(CNC(=O)c2cccc(OCc3c(C)noc3C)c2)cc1. The lowest BCUT2D eigenvalue weighted by atomic mass is 10.1. The lowest BCUT2D eigenvalue weighted by Gasteiger charge is -2.09. The summed E-state index contributed by atoms with van der Waals surface area (Å²) in [4.78, 5) is 23.5. The Kier molecular flexibility index (Phi) is 6.29. The van der Waals surface area contributed by atoms with E-state index in [0.29, 0.717) is 24.5 Å². The molecule has 29 heavy (non-hydrogen) atoms. The zero-order valence-electron chi connectivity index (χ0n) is 16.6. The van der Waals surface area contributed by atoms with Gasteiger partial charge in [0.15, 0.2) is 0 Å². The Hall–Kier alpha value is -3.61. The third-order valence-corrected chi connectivity index (χ3v) is 4.39. The summed E-state index contributed by atoms with van der Waals surface area (Å²) in [5.74, 6) is 1.000. The van der Waals surface area contributed by atoms with E-state index in [2.05, 4.69) is 15.8 Å². The Morgan fingerprint density at radius 3 is 2.52 bits per heavy atom. The Bertz CT molecular complexity index is 990. The van der Waals surface area contributed by atoms with Crippen LogP contribution in [0.15, 0.2) is 53.1 Å². The largest absolute Gasteiger partial charge is 0.489 e. The van der Waals surface area contributed by atoms with Crippen LogP contribution in [-0.2, 0) is 17.9 Å². The predicted octanol–water partition coefficient (Wildman–Crippen LogP) is 3.76. The van der Waals surface area contributed by atoms with Gasteiger partial charge in [-0.05, 0) is 49.7 Å². The zero-order valence-corrected chi connectivity index (χ0v) is 16.6. The zero-order chi connectivity index (χ0) is 20.8. The van der Waals surface area contributed by atoms with Crippen molar-refractivity contribution in [3.8, 4) is 5.75 Å². The normalized spacial score (nSPS) is 10.4. The van der Waals surface area contributed by atoms with Crippen molar-refractivity contribution in [1.29, 1.82) is 0 Å². The average molecular weight is 393 g/mol. The van der Waals surface area contributed by atoms with E-state index in [1.807, 2.05) is 26.0 Å². The van der Waals surface area contributed by atoms with Gasteiger partial charge in [0.05, 0.1) is 11.3 Å². The topological polar surface area (TPSA) is 93.5 Å². The number of rotatable bonds is 7. The molecule has 3 rings (SSSR count). The molecule has 0 aliphatic heterocycles. The summed E-state index contributed by atoms with van der Waals surface area (Å²) in [6, 6.07) is 14.3. The molecule has 2 aromatic carbocycles. The van der Waals surface area contributed by atoms with Crippen LogP contribution in [0.3, 0.4) is 0 Å². The van der Waals surface area contributed by atoms with Gasteiger partial charge in [0, 0.05) is 24.7 Å². The van der Waals surface area contributed by atoms with Crippen LogP contribution in [0.5, 0.6) is 5.75 Å². The molecule has 0 radical (unpaired) electrons. The quantitative estimate of drug-likeness (QED) is 0.637. The van der Waals surface area contributed by atoms with E-state index in [1.54, 1.807) is 36.4 Å². The third-order valence-electron chi connectivity index (χ3n) is 4.39. The Balaban J connectivity index is 1.57. The first-order chi connectivity index (χ1) is 13.9. The van der Waals surface area contributed by atoms with Gasteiger partial charge in [0.25, 0.3) is 5.91 Å². The summed E-state index contributed by atoms with van der Waals surface area (Å²) < 4.78 is 10.9. The number of nitrogens with zero attached hydrogens (tertiary/aromatic N) is 1. The minimum atomic E-state index is -0.196. The molecular formula is C22H23N3O4. The van der Waals surface area contributed by atoms with Crippen molar-refractivity contribution < 1.29 is 18.8 Å². The summed E-state index contributed by atoms with van der Waals surface area (Å²) in [5, 5.41) is 9.50. The van der Waals surface area contributed by atoms with Crippen LogP contribution in [0.4, 0.5) is 5.69 Å². The summed E-state index contributed by atoms with van der Waals surface area (Å²) in [5.41, 5.74) is 3.86. The van der Waals surface area contributed by atoms with Gasteiger partial charge in [-0.15, -0.1) is 0 Å². The third kappa shape index (κ3) is 5.44. The van der Waals surface area contributed by atoms with Crippen molar-refractivity contribution >= 4 is 17.5 Å². The number of aromatic nitrogens is 1. The van der Waals surface area contributed by atoms with E-state index in [4.69, 9.17) is 9.26 Å². The van der Waals surface area contributed by atoms with Crippen molar-refractivity contribution in [3.63, 3.8) is 0 Å². The molecule has 1 heterocycles. The van der Waals surface area contributed by atoms with E-state index in [-0.39, 0.29) is 11.8 Å². The maximum atomic E-state index is 12.5. The summed E-state index contributed by atoms with van der Waals surface area (Å²) in [7, 11) is 0. The summed E-state index contributed by atoms with van der Waals surface area (Å²) in [6.07, 6.45) is 0. The van der Waals surface area contributed by atoms with Gasteiger partial charge in [0.2, 0.25) is 5.91 Å². The van der Waals surface area contributed by atoms with Crippen molar-refractivity contribution in [1.82, 2.24) is 10.5 Å². The lowest BCUT2D eigenvalue weighted by molar-refractivity contribution is -0.114. The molecule has 0 saturated carbocycles. The molecule has 0 unspecified atom stereocenters. The minimum Gasteiger partial charge on any atom is -0.489 e. The molecule has 0 spiro atoms. The van der Waals surface area contributed by atoms with Crippen molar-refractivity contribution in [3.05, 3.63) is 76.7 Å². The van der Waals surface area contributed by atoms with Gasteiger partial charge in [-0.25, -0.2) is 0 Å². The summed E-state index contributed by atoms with van der Waals surface area (Å²) >= 11 is 0. The number of aryl methyl sites for hydroxylation is 2. The van der Waals surface area contributed by atoms with Gasteiger partial charge in [-0.1, -0.05) is 23.4 Å². The predicted molar refractivity (Wildman–Crippen MR) is 109 cm³/mol. The fourth-order valence-electron chi connectivity index (χ4n) is 2.78. The Morgan fingerprint density at radius 2 is 1.86 bits per heavy atom. The van der Waals surface area contributed by atoms with Crippen molar-refractivity contribution in [2.45, 2.75) is 33.9 Å². The van der Waals surface area contributed by atoms with Crippen molar-refractivity contribution in [2.75, 3.05) is 5.32 Å². The van der Waals surface area contributed by atoms with E-state index < -0.39 is 0 Å². The van der Waals surface area contributed by atoms with E-state index >= 15 is 0 Å². The number of nitrogens with one attached hydrogen (secondary N) is 2. The number of anilines is 1. The fourth-order valence-corrected chi connectivity index (χ4v) is 2.78. The molecular weight excluding hydrogens is 370 g/mol. The summed E-state index contributed by atoms with van der Waals surface area (Å²) in [6.45, 7) is 5.86. The molecule has 3 aromatic rings. The van der Waals surface area contributed by atoms with Crippen LogP contribution in [0, 0.1) is 13.8 Å². The fraction of sp³-hybridized carbons (Fsp3) is 0.227. The standard InChI is InChI=1S/C22H23N3O4/c1-14-21(15(2)29-25-14)13-28-20-6-4-5-18(11-20)22(27)23-12-17-7-9-19(10-8-17)24-16(3)26/h4-11H,12-13H2,1-3H3,(H,23,27)(H,24,26). The maximum Gasteiger partial charge on any atom is 0.251 e. The minimum absolute atomic E-state index is 0.123. The van der Waals surface area contributed by atoms with Crippen LogP contribution >= 0.6 is 0 Å². The first-order valence-electron chi connectivity index (χ1n) is 9.21. The Labute approximate surface area is 169 Å². The molecule has 7 nitrogen and oxygen atoms in total. The maximum absolute atomic E-state index is 12.5. The highest BCUT2D eigenvalue weighted by Gasteiger charge is 2.11. The van der Waals surface area contributed by atoms with Gasteiger partial charge in [-0.3, -0.25) is 9.59 Å². The highest BCUT2D eigenvalue weighted by molar-refractivity contribution is 5.94. The van der Waals surface area contributed by atoms with Crippen LogP contribution in [0.2, 0.25) is 0 Å². The second-order valence-electron chi connectivity index (χ2n) is 6.68. The highest BCUT2D eigenvalue weighted by Crippen LogP contribution is 2.18. The van der Waals surface area contributed by atoms with Crippen LogP contribution in [0.1, 0.15) is 39.9 Å². The monoisotopic (exact) mass is 393 g/mol. The van der Waals surface area contributed by atoms with Gasteiger partial charge < -0.3 is 19.9 Å². The first kappa shape index (κ1) is 20.1. The smallest absolute Gasteiger partial charge is 0.251 e. The van der Waals surface area contributed by atoms with Crippen LogP contribution in [-0.4, -0.2) is 17.0 Å². The van der Waals surface area contributed by atoms with E-state index in [1.165, 1.54) is 6.92 Å². The second kappa shape index (κ2) is 9.05. The number of hydrogen-bond acceptors (Lipinski definition) is 5. The Morgan fingerprint density at radius 1 is 1.10 bits per heavy atom. The molecule has 0 fully saturated rings. The molecule has 2 amide bonds. The van der Waals surface area contributed by atoms with E-state index in [9.17, 15) is 9.59 Å². The second-order valence-corrected chi connectivity index (χ2v) is 6.68. The van der Waals surface area contributed by atoms with Crippen molar-refractivity contribution in [2.24, 2.45) is 0 Å². The molecule has 0 aliphatic rings. The number of benzene rings is 2. The average Bonchev–Trinajstić information content (AvgIpc) is 3.03. The van der Waals surface area contributed by atoms with Crippen LogP contribution in [0.25, 0.3) is 0 Å². The first-order valence-corrected chi connectivity index (χ1v) is 9.21. The molecule has 0 aliphatic carbocycles. The lowest BCUT2D eigenvalue weighted by Crippen LogP contribution is -2.22. The van der Waals surface area contributed by atoms with Gasteiger partial charge in [0.1, 0.15) is 18.1 Å². The molecule has 7 heteroatoms. The van der Waals surface area contributed by atoms with Crippen LogP contribution < -0.4 is 15.4 Å². The van der Waals surface area contributed by atoms with Gasteiger partial charge >= 0.3 is 0 Å². The molecule has 0 atom stereocenters. The molecule has 2 N–H and O–H groups in total. The number of hydrogen-bond donors (Lipinski definition) is 2. The highest BCUT2D eigenvalue weighted by atomic mass is 16.5. The number of carbonyl (C=O) groups is 2. The number of amides is 2. The molecule has 0 saturated heterocycles. The number of ether oxygens (including phenoxy) is 1. The number of carbonyl (C=O) groups excluding carboxylic acids is 2.